The van der Waals surface area contributed by atoms with Crippen LogP contribution in [0.25, 0.3) is 11.0 Å². The predicted octanol–water partition coefficient (Wildman–Crippen LogP) is 2.51. The van der Waals surface area contributed by atoms with Crippen LogP contribution >= 0.6 is 0 Å². The smallest absolute Gasteiger partial charge is 0.268 e. The van der Waals surface area contributed by atoms with Gasteiger partial charge in [-0.25, -0.2) is 4.98 Å². The van der Waals surface area contributed by atoms with Crippen molar-refractivity contribution >= 4 is 22.9 Å². The van der Waals surface area contributed by atoms with Crippen molar-refractivity contribution in [1.82, 2.24) is 9.97 Å². The predicted molar refractivity (Wildman–Crippen MR) is 79.3 cm³/mol. The number of hydrogen-bond acceptors (Lipinski definition) is 3. The highest BCUT2D eigenvalue weighted by Crippen LogP contribution is 2.28. The van der Waals surface area contributed by atoms with Crippen molar-refractivity contribution in [2.24, 2.45) is 0 Å². The zero-order valence-electron chi connectivity index (χ0n) is 11.2. The monoisotopic (exact) mass is 279 g/mol. The molecule has 1 aromatic heterocycles. The molecule has 5 nitrogen and oxygen atoms in total. The van der Waals surface area contributed by atoms with Gasteiger partial charge in [0, 0.05) is 6.42 Å². The minimum Gasteiger partial charge on any atom is -0.480 e. The first-order chi connectivity index (χ1) is 10.3. The van der Waals surface area contributed by atoms with Crippen molar-refractivity contribution in [1.29, 1.82) is 0 Å². The zero-order valence-corrected chi connectivity index (χ0v) is 11.2. The summed E-state index contributed by atoms with van der Waals surface area (Å²) in [6.45, 7) is 0. The van der Waals surface area contributed by atoms with Crippen molar-refractivity contribution in [3.8, 4) is 5.75 Å². The molecule has 2 heterocycles. The average Bonchev–Trinajstić information content (AvgIpc) is 3.10. The first kappa shape index (κ1) is 12.0. The third-order valence-corrected chi connectivity index (χ3v) is 3.57. The number of para-hydroxylation sites is 3. The van der Waals surface area contributed by atoms with Crippen LogP contribution in [-0.2, 0) is 11.2 Å². The Morgan fingerprint density at radius 1 is 1.19 bits per heavy atom. The molecular formula is C16H13N3O2. The van der Waals surface area contributed by atoms with E-state index in [4.69, 9.17) is 4.74 Å². The van der Waals surface area contributed by atoms with Crippen LogP contribution in [0.1, 0.15) is 5.56 Å². The number of rotatable bonds is 2. The Balaban J connectivity index is 1.52. The molecule has 0 spiro atoms. The molecule has 2 aromatic carbocycles. The fourth-order valence-corrected chi connectivity index (χ4v) is 2.54. The summed E-state index contributed by atoms with van der Waals surface area (Å²) >= 11 is 0. The Kier molecular flexibility index (Phi) is 2.64. The van der Waals surface area contributed by atoms with Crippen molar-refractivity contribution in [2.75, 3.05) is 5.32 Å². The Labute approximate surface area is 121 Å². The molecule has 0 aliphatic carbocycles. The van der Waals surface area contributed by atoms with Gasteiger partial charge >= 0.3 is 0 Å². The van der Waals surface area contributed by atoms with Gasteiger partial charge in [0.1, 0.15) is 5.75 Å². The van der Waals surface area contributed by atoms with E-state index < -0.39 is 6.10 Å². The zero-order chi connectivity index (χ0) is 14.2. The van der Waals surface area contributed by atoms with E-state index in [0.29, 0.717) is 12.4 Å². The largest absolute Gasteiger partial charge is 0.480 e. The molecule has 0 saturated heterocycles. The van der Waals surface area contributed by atoms with Crippen LogP contribution in [0.5, 0.6) is 5.75 Å². The lowest BCUT2D eigenvalue weighted by molar-refractivity contribution is -0.122. The van der Waals surface area contributed by atoms with Gasteiger partial charge in [0.05, 0.1) is 11.0 Å². The minimum atomic E-state index is -0.504. The van der Waals surface area contributed by atoms with E-state index in [1.807, 2.05) is 48.5 Å². The maximum atomic E-state index is 12.3. The molecule has 1 atom stereocenters. The molecule has 0 saturated carbocycles. The first-order valence-corrected chi connectivity index (χ1v) is 6.80. The summed E-state index contributed by atoms with van der Waals surface area (Å²) in [4.78, 5) is 19.7. The molecule has 4 rings (SSSR count). The number of aromatic amines is 1. The molecule has 21 heavy (non-hydrogen) atoms. The highest BCUT2D eigenvalue weighted by Gasteiger charge is 2.29. The number of imidazole rings is 1. The van der Waals surface area contributed by atoms with Crippen LogP contribution < -0.4 is 10.1 Å². The van der Waals surface area contributed by atoms with Gasteiger partial charge in [-0.15, -0.1) is 0 Å². The maximum Gasteiger partial charge on any atom is 0.268 e. The number of fused-ring (bicyclic) bond motifs is 2. The quantitative estimate of drug-likeness (QED) is 0.757. The standard InChI is InChI=1S/C16H13N3O2/c20-15(14-9-10-5-1-4-8-13(10)21-14)19-16-17-11-6-2-3-7-12(11)18-16/h1-8,14H,9H2,(H2,17,18,19,20)/t14-/m1/s1. The third kappa shape index (κ3) is 2.12. The van der Waals surface area contributed by atoms with Crippen molar-refractivity contribution in [3.05, 3.63) is 54.1 Å². The summed E-state index contributed by atoms with van der Waals surface area (Å²) in [6, 6.07) is 15.3. The molecule has 3 aromatic rings. The van der Waals surface area contributed by atoms with Gasteiger partial charge in [-0.1, -0.05) is 30.3 Å². The number of aromatic nitrogens is 2. The summed E-state index contributed by atoms with van der Waals surface area (Å²) in [5.41, 5.74) is 2.77. The second kappa shape index (κ2) is 4.63. The summed E-state index contributed by atoms with van der Waals surface area (Å²) in [6.07, 6.45) is 0.0815. The number of ether oxygens (including phenoxy) is 1. The van der Waals surface area contributed by atoms with E-state index in [2.05, 4.69) is 15.3 Å². The first-order valence-electron chi connectivity index (χ1n) is 6.80. The number of nitrogens with zero attached hydrogens (tertiary/aromatic N) is 1. The molecule has 1 aliphatic heterocycles. The summed E-state index contributed by atoms with van der Waals surface area (Å²) < 4.78 is 5.66. The fourth-order valence-electron chi connectivity index (χ4n) is 2.54. The molecule has 0 bridgehead atoms. The summed E-state index contributed by atoms with van der Waals surface area (Å²) in [5, 5.41) is 2.78. The van der Waals surface area contributed by atoms with E-state index in [1.165, 1.54) is 0 Å². The molecule has 104 valence electrons. The van der Waals surface area contributed by atoms with Gasteiger partial charge < -0.3 is 9.72 Å². The van der Waals surface area contributed by atoms with Crippen LogP contribution in [0.3, 0.4) is 0 Å². The van der Waals surface area contributed by atoms with E-state index in [9.17, 15) is 4.79 Å². The van der Waals surface area contributed by atoms with Gasteiger partial charge in [0.2, 0.25) is 5.95 Å². The molecule has 0 unspecified atom stereocenters. The normalized spacial score (nSPS) is 16.5. The minimum absolute atomic E-state index is 0.190. The Morgan fingerprint density at radius 3 is 2.86 bits per heavy atom. The lowest BCUT2D eigenvalue weighted by Gasteiger charge is -2.09. The molecule has 0 fully saturated rings. The SMILES string of the molecule is O=C(Nc1nc2ccccc2[nH]1)[C@H]1Cc2ccccc2O1. The number of hydrogen-bond donors (Lipinski definition) is 2. The lowest BCUT2D eigenvalue weighted by Crippen LogP contribution is -2.31. The van der Waals surface area contributed by atoms with Crippen molar-refractivity contribution < 1.29 is 9.53 Å². The molecular weight excluding hydrogens is 266 g/mol. The lowest BCUT2D eigenvalue weighted by atomic mass is 10.1. The Bertz CT molecular complexity index is 767. The van der Waals surface area contributed by atoms with E-state index in [1.54, 1.807) is 0 Å². The fraction of sp³-hybridized carbons (Fsp3) is 0.125. The highest BCUT2D eigenvalue weighted by atomic mass is 16.5. The molecule has 5 heteroatoms. The van der Waals surface area contributed by atoms with Crippen LogP contribution in [0, 0.1) is 0 Å². The number of anilines is 1. The van der Waals surface area contributed by atoms with Crippen LogP contribution in [0.2, 0.25) is 0 Å². The number of carbonyl (C=O) groups is 1. The van der Waals surface area contributed by atoms with Gasteiger partial charge in [-0.3, -0.25) is 10.1 Å². The van der Waals surface area contributed by atoms with Crippen molar-refractivity contribution in [2.45, 2.75) is 12.5 Å². The van der Waals surface area contributed by atoms with Crippen molar-refractivity contribution in [3.63, 3.8) is 0 Å². The van der Waals surface area contributed by atoms with Crippen LogP contribution in [0.15, 0.2) is 48.5 Å². The number of benzene rings is 2. The van der Waals surface area contributed by atoms with Crippen LogP contribution in [0.4, 0.5) is 5.95 Å². The van der Waals surface area contributed by atoms with Gasteiger partial charge in [-0.2, -0.15) is 0 Å². The Morgan fingerprint density at radius 2 is 2.00 bits per heavy atom. The number of nitrogens with one attached hydrogen (secondary N) is 2. The van der Waals surface area contributed by atoms with E-state index in [-0.39, 0.29) is 5.91 Å². The summed E-state index contributed by atoms with van der Waals surface area (Å²) in [7, 11) is 0. The molecule has 0 radical (unpaired) electrons. The molecule has 1 amide bonds. The Hall–Kier alpha value is -2.82. The van der Waals surface area contributed by atoms with Gasteiger partial charge in [0.15, 0.2) is 6.10 Å². The second-order valence-corrected chi connectivity index (χ2v) is 5.01. The third-order valence-electron chi connectivity index (χ3n) is 3.57. The maximum absolute atomic E-state index is 12.3. The second-order valence-electron chi connectivity index (χ2n) is 5.01. The van der Waals surface area contributed by atoms with E-state index >= 15 is 0 Å². The highest BCUT2D eigenvalue weighted by molar-refractivity contribution is 5.95. The van der Waals surface area contributed by atoms with Crippen LogP contribution in [-0.4, -0.2) is 22.0 Å². The van der Waals surface area contributed by atoms with Gasteiger partial charge in [-0.05, 0) is 23.8 Å². The molecule has 2 N–H and O–H groups in total. The average molecular weight is 279 g/mol. The topological polar surface area (TPSA) is 67.0 Å². The van der Waals surface area contributed by atoms with Gasteiger partial charge in [0.25, 0.3) is 5.91 Å². The number of carbonyl (C=O) groups excluding carboxylic acids is 1. The summed E-state index contributed by atoms with van der Waals surface area (Å²) in [5.74, 6) is 1.04. The number of amides is 1. The molecule has 1 aliphatic rings. The van der Waals surface area contributed by atoms with E-state index in [0.717, 1.165) is 22.3 Å². The number of H-pyrrole nitrogens is 1.